The molecule has 0 aliphatic heterocycles. The number of esters is 1. The van der Waals surface area contributed by atoms with Crippen LogP contribution in [0, 0.1) is 6.92 Å². The molecule has 0 aliphatic rings. The predicted molar refractivity (Wildman–Crippen MR) is 66.1 cm³/mol. The molecule has 2 aromatic heterocycles. The van der Waals surface area contributed by atoms with E-state index in [1.807, 2.05) is 13.0 Å². The predicted octanol–water partition coefficient (Wildman–Crippen LogP) is 1.66. The van der Waals surface area contributed by atoms with Crippen LogP contribution in [-0.2, 0) is 11.3 Å². The lowest BCUT2D eigenvalue weighted by molar-refractivity contribution is 0.0481. The normalized spacial score (nSPS) is 10.4. The van der Waals surface area contributed by atoms with E-state index in [9.17, 15) is 9.59 Å². The first kappa shape index (κ1) is 13.0. The molecule has 2 N–H and O–H groups in total. The number of aromatic amines is 1. The van der Waals surface area contributed by atoms with Crippen molar-refractivity contribution in [3.05, 3.63) is 39.8 Å². The molecule has 0 radical (unpaired) electrons. The van der Waals surface area contributed by atoms with Crippen molar-refractivity contribution in [1.82, 2.24) is 5.16 Å². The zero-order chi connectivity index (χ0) is 13.8. The molecule has 7 heteroatoms. The molecular weight excluding hydrogens is 252 g/mol. The van der Waals surface area contributed by atoms with Crippen molar-refractivity contribution in [1.29, 1.82) is 0 Å². The monoisotopic (exact) mass is 266 g/mol. The van der Waals surface area contributed by atoms with Crippen LogP contribution in [0.25, 0.3) is 0 Å². The van der Waals surface area contributed by atoms with Gasteiger partial charge in [-0.15, -0.1) is 0 Å². The Labute approximate surface area is 108 Å². The van der Waals surface area contributed by atoms with E-state index in [1.54, 1.807) is 13.0 Å². The SMILES string of the molecule is CCOC(=O)c1o[nH]c(=O)c1NCc1ccc(C)o1. The molecule has 0 saturated carbocycles. The van der Waals surface area contributed by atoms with Crippen LogP contribution >= 0.6 is 0 Å². The van der Waals surface area contributed by atoms with Crippen molar-refractivity contribution in [3.63, 3.8) is 0 Å². The summed E-state index contributed by atoms with van der Waals surface area (Å²) >= 11 is 0. The average Bonchev–Trinajstić information content (AvgIpc) is 2.94. The third-order valence-corrected chi connectivity index (χ3v) is 2.40. The van der Waals surface area contributed by atoms with Crippen LogP contribution < -0.4 is 10.9 Å². The number of hydrogen-bond donors (Lipinski definition) is 2. The first-order valence-corrected chi connectivity index (χ1v) is 5.79. The second kappa shape index (κ2) is 5.47. The van der Waals surface area contributed by atoms with E-state index >= 15 is 0 Å². The van der Waals surface area contributed by atoms with Crippen molar-refractivity contribution in [2.75, 3.05) is 11.9 Å². The molecule has 0 fully saturated rings. The van der Waals surface area contributed by atoms with Crippen molar-refractivity contribution in [3.8, 4) is 0 Å². The summed E-state index contributed by atoms with van der Waals surface area (Å²) in [6, 6.07) is 3.59. The number of H-pyrrole nitrogens is 1. The number of anilines is 1. The summed E-state index contributed by atoms with van der Waals surface area (Å²) < 4.78 is 14.9. The topological polar surface area (TPSA) is 97.5 Å². The molecule has 7 nitrogen and oxygen atoms in total. The lowest BCUT2D eigenvalue weighted by atomic mass is 10.3. The molecule has 0 aromatic carbocycles. The number of aryl methyl sites for hydroxylation is 1. The van der Waals surface area contributed by atoms with Gasteiger partial charge in [-0.3, -0.25) is 4.79 Å². The van der Waals surface area contributed by atoms with Crippen LogP contribution in [0.1, 0.15) is 29.0 Å². The number of hydrogen-bond acceptors (Lipinski definition) is 6. The number of furan rings is 1. The molecule has 2 rings (SSSR count). The highest BCUT2D eigenvalue weighted by Gasteiger charge is 2.21. The maximum atomic E-state index is 11.6. The van der Waals surface area contributed by atoms with Gasteiger partial charge in [0.05, 0.1) is 13.2 Å². The number of carbonyl (C=O) groups excluding carboxylic acids is 1. The number of carbonyl (C=O) groups is 1. The summed E-state index contributed by atoms with van der Waals surface area (Å²) in [6.07, 6.45) is 0. The Bertz CT molecular complexity index is 622. The first-order valence-electron chi connectivity index (χ1n) is 5.79. The Balaban J connectivity index is 2.13. The van der Waals surface area contributed by atoms with Crippen molar-refractivity contribution in [2.24, 2.45) is 0 Å². The van der Waals surface area contributed by atoms with Crippen LogP contribution in [0.15, 0.2) is 25.9 Å². The maximum Gasteiger partial charge on any atom is 0.379 e. The quantitative estimate of drug-likeness (QED) is 0.799. The fourth-order valence-corrected chi connectivity index (χ4v) is 1.56. The van der Waals surface area contributed by atoms with Gasteiger partial charge in [-0.2, -0.15) is 5.16 Å². The van der Waals surface area contributed by atoms with Crippen molar-refractivity contribution < 1.29 is 18.5 Å². The number of aromatic nitrogens is 1. The van der Waals surface area contributed by atoms with E-state index < -0.39 is 11.5 Å². The average molecular weight is 266 g/mol. The van der Waals surface area contributed by atoms with Crippen LogP contribution in [0.2, 0.25) is 0 Å². The lowest BCUT2D eigenvalue weighted by Gasteiger charge is -2.02. The molecule has 0 atom stereocenters. The Morgan fingerprint density at radius 2 is 2.26 bits per heavy atom. The third-order valence-electron chi connectivity index (χ3n) is 2.40. The molecule has 0 aliphatic carbocycles. The van der Waals surface area contributed by atoms with E-state index in [4.69, 9.17) is 13.7 Å². The number of ether oxygens (including phenoxy) is 1. The van der Waals surface area contributed by atoms with Gasteiger partial charge in [0.15, 0.2) is 5.69 Å². The summed E-state index contributed by atoms with van der Waals surface area (Å²) in [4.78, 5) is 23.1. The highest BCUT2D eigenvalue weighted by atomic mass is 16.6. The summed E-state index contributed by atoms with van der Waals surface area (Å²) in [6.45, 7) is 3.95. The fraction of sp³-hybridized carbons (Fsp3) is 0.333. The Hall–Kier alpha value is -2.44. The second-order valence-electron chi connectivity index (χ2n) is 3.82. The van der Waals surface area contributed by atoms with Crippen LogP contribution in [-0.4, -0.2) is 17.7 Å². The van der Waals surface area contributed by atoms with Crippen molar-refractivity contribution >= 4 is 11.7 Å². The van der Waals surface area contributed by atoms with E-state index in [0.717, 1.165) is 5.76 Å². The van der Waals surface area contributed by atoms with Crippen LogP contribution in [0.4, 0.5) is 5.69 Å². The summed E-state index contributed by atoms with van der Waals surface area (Å²) in [5.41, 5.74) is -0.487. The minimum absolute atomic E-state index is 0.0347. The van der Waals surface area contributed by atoms with Gasteiger partial charge in [-0.25, -0.2) is 4.79 Å². The van der Waals surface area contributed by atoms with Gasteiger partial charge in [-0.1, -0.05) is 0 Å². The summed E-state index contributed by atoms with van der Waals surface area (Å²) in [7, 11) is 0. The largest absolute Gasteiger partial charge is 0.465 e. The molecule has 0 unspecified atom stereocenters. The molecule has 0 saturated heterocycles. The third kappa shape index (κ3) is 2.87. The van der Waals surface area contributed by atoms with Gasteiger partial charge >= 0.3 is 11.5 Å². The molecular formula is C12H14N2O5. The molecule has 0 spiro atoms. The summed E-state index contributed by atoms with van der Waals surface area (Å²) in [5, 5.41) is 4.89. The van der Waals surface area contributed by atoms with Gasteiger partial charge in [0, 0.05) is 0 Å². The smallest absolute Gasteiger partial charge is 0.379 e. The molecule has 0 bridgehead atoms. The minimum atomic E-state index is -0.695. The Morgan fingerprint density at radius 1 is 1.47 bits per heavy atom. The second-order valence-corrected chi connectivity index (χ2v) is 3.82. The first-order chi connectivity index (χ1) is 9.11. The molecule has 19 heavy (non-hydrogen) atoms. The molecule has 102 valence electrons. The van der Waals surface area contributed by atoms with E-state index in [0.29, 0.717) is 5.76 Å². The summed E-state index contributed by atoms with van der Waals surface area (Å²) in [5.74, 6) is 0.547. The molecule has 2 heterocycles. The van der Waals surface area contributed by atoms with Gasteiger partial charge in [0.2, 0.25) is 0 Å². The van der Waals surface area contributed by atoms with Crippen LogP contribution in [0.3, 0.4) is 0 Å². The van der Waals surface area contributed by atoms with E-state index in [1.165, 1.54) is 0 Å². The van der Waals surface area contributed by atoms with E-state index in [-0.39, 0.29) is 24.6 Å². The van der Waals surface area contributed by atoms with Gasteiger partial charge in [0.1, 0.15) is 11.5 Å². The Morgan fingerprint density at radius 3 is 2.89 bits per heavy atom. The van der Waals surface area contributed by atoms with E-state index in [2.05, 4.69) is 10.5 Å². The standard InChI is InChI=1S/C12H14N2O5/c1-3-17-12(16)10-9(11(15)14-19-10)13-6-8-5-4-7(2)18-8/h4-5,13H,3,6H2,1-2H3,(H,14,15). The van der Waals surface area contributed by atoms with Crippen LogP contribution in [0.5, 0.6) is 0 Å². The van der Waals surface area contributed by atoms with Gasteiger partial charge < -0.3 is 19.0 Å². The highest BCUT2D eigenvalue weighted by Crippen LogP contribution is 2.14. The number of nitrogens with one attached hydrogen (secondary N) is 2. The minimum Gasteiger partial charge on any atom is -0.465 e. The zero-order valence-electron chi connectivity index (χ0n) is 10.6. The lowest BCUT2D eigenvalue weighted by Crippen LogP contribution is -2.13. The highest BCUT2D eigenvalue weighted by molar-refractivity contribution is 5.92. The van der Waals surface area contributed by atoms with Crippen molar-refractivity contribution in [2.45, 2.75) is 20.4 Å². The molecule has 0 amide bonds. The van der Waals surface area contributed by atoms with Gasteiger partial charge in [-0.05, 0) is 26.0 Å². The number of rotatable bonds is 5. The fourth-order valence-electron chi connectivity index (χ4n) is 1.56. The molecule has 2 aromatic rings. The maximum absolute atomic E-state index is 11.6. The zero-order valence-corrected chi connectivity index (χ0v) is 10.6. The van der Waals surface area contributed by atoms with Gasteiger partial charge in [0.25, 0.3) is 5.76 Å². The Kier molecular flexibility index (Phi) is 3.74.